The first-order valence-corrected chi connectivity index (χ1v) is 3.19. The van der Waals surface area contributed by atoms with Crippen LogP contribution in [0.4, 0.5) is 0 Å². The maximum absolute atomic E-state index is 10.8. The van der Waals surface area contributed by atoms with Gasteiger partial charge >= 0.3 is 0 Å². The fourth-order valence-electron chi connectivity index (χ4n) is 0.449. The lowest BCUT2D eigenvalue weighted by Gasteiger charge is -1.99. The van der Waals surface area contributed by atoms with Crippen molar-refractivity contribution < 1.29 is 4.79 Å². The highest BCUT2D eigenvalue weighted by Gasteiger charge is 2.03. The van der Waals surface area contributed by atoms with E-state index < -0.39 is 11.6 Å². The number of hydrogen-bond acceptors (Lipinski definition) is 1. The summed E-state index contributed by atoms with van der Waals surface area (Å²) < 4.78 is 0. The summed E-state index contributed by atoms with van der Waals surface area (Å²) in [5, 5.41) is 10.7. The number of rotatable bonds is 3. The molecule has 0 spiro atoms. The standard InChI is InChI=1S/C7H8N3O/c1-3-4-10-7(11)6(5-8)9-2/h3-4H2,1H3,(H,10,11)/q-1. The number of carbonyl (C=O) groups is 1. The lowest BCUT2D eigenvalue weighted by atomic mass is 10.4. The van der Waals surface area contributed by atoms with E-state index >= 15 is 0 Å². The summed E-state index contributed by atoms with van der Waals surface area (Å²) in [5.74, 6) is 0.932. The molecule has 0 aliphatic heterocycles. The van der Waals surface area contributed by atoms with Gasteiger partial charge < -0.3 is 10.7 Å². The largest absolute Gasteiger partial charge is 0.775 e. The van der Waals surface area contributed by atoms with Crippen molar-refractivity contribution in [2.75, 3.05) is 6.54 Å². The number of hydrogen-bond donors (Lipinski definition) is 1. The Balaban J connectivity index is 4.05. The van der Waals surface area contributed by atoms with Crippen LogP contribution in [0.25, 0.3) is 10.3 Å². The number of amides is 1. The van der Waals surface area contributed by atoms with Gasteiger partial charge in [-0.2, -0.15) is 0 Å². The smallest absolute Gasteiger partial charge is 0.268 e. The van der Waals surface area contributed by atoms with Crippen LogP contribution in [0.1, 0.15) is 13.3 Å². The Morgan fingerprint density at radius 1 is 1.82 bits per heavy atom. The molecule has 11 heavy (non-hydrogen) atoms. The first-order chi connectivity index (χ1) is 5.26. The van der Waals surface area contributed by atoms with Crippen molar-refractivity contribution in [3.63, 3.8) is 0 Å². The van der Waals surface area contributed by atoms with Gasteiger partial charge in [0.1, 0.15) is 0 Å². The predicted molar refractivity (Wildman–Crippen MR) is 41.8 cm³/mol. The highest BCUT2D eigenvalue weighted by molar-refractivity contribution is 6.03. The van der Waals surface area contributed by atoms with Crippen molar-refractivity contribution in [2.24, 2.45) is 0 Å². The average molecular weight is 150 g/mol. The molecule has 0 atom stereocenters. The summed E-state index contributed by atoms with van der Waals surface area (Å²) in [4.78, 5) is 13.5. The molecule has 4 heteroatoms. The summed E-state index contributed by atoms with van der Waals surface area (Å²) in [6, 6.07) is 0. The molecule has 0 aliphatic rings. The van der Waals surface area contributed by atoms with Crippen LogP contribution >= 0.6 is 0 Å². The van der Waals surface area contributed by atoms with Gasteiger partial charge in [0.25, 0.3) is 11.6 Å². The van der Waals surface area contributed by atoms with Gasteiger partial charge in [0.05, 0.1) is 6.57 Å². The SMILES string of the molecule is [C-]#[N+]C(=C=[N-])C(=O)NCCC. The van der Waals surface area contributed by atoms with E-state index in [1.807, 2.05) is 6.92 Å². The summed E-state index contributed by atoms with van der Waals surface area (Å²) in [7, 11) is 0. The fraction of sp³-hybridized carbons (Fsp3) is 0.429. The Hall–Kier alpha value is -1.59. The zero-order chi connectivity index (χ0) is 8.69. The number of carbonyl (C=O) groups excluding carboxylic acids is 1. The molecular weight excluding hydrogens is 142 g/mol. The minimum atomic E-state index is -0.579. The highest BCUT2D eigenvalue weighted by atomic mass is 16.1. The van der Waals surface area contributed by atoms with Crippen molar-refractivity contribution in [3.8, 4) is 0 Å². The molecule has 0 fully saturated rings. The normalized spacial score (nSPS) is 7.64. The Morgan fingerprint density at radius 3 is 2.82 bits per heavy atom. The van der Waals surface area contributed by atoms with Gasteiger partial charge in [-0.1, -0.05) is 6.92 Å². The van der Waals surface area contributed by atoms with E-state index in [0.29, 0.717) is 6.54 Å². The summed E-state index contributed by atoms with van der Waals surface area (Å²) >= 11 is 0. The van der Waals surface area contributed by atoms with Gasteiger partial charge in [0.2, 0.25) is 0 Å². The number of nitrogens with zero attached hydrogens (tertiary/aromatic N) is 2. The minimum Gasteiger partial charge on any atom is -0.775 e. The Labute approximate surface area is 65.2 Å². The molecule has 0 aromatic heterocycles. The minimum absolute atomic E-state index is 0.404. The molecule has 0 bridgehead atoms. The first kappa shape index (κ1) is 9.41. The van der Waals surface area contributed by atoms with Crippen LogP contribution in [0, 0.1) is 6.57 Å². The molecule has 0 heterocycles. The van der Waals surface area contributed by atoms with E-state index in [4.69, 9.17) is 12.0 Å². The van der Waals surface area contributed by atoms with Crippen LogP contribution in [0.5, 0.6) is 0 Å². The molecule has 0 aliphatic carbocycles. The van der Waals surface area contributed by atoms with Crippen molar-refractivity contribution in [1.82, 2.24) is 5.32 Å². The molecular formula is C7H8N3O-. The molecule has 1 amide bonds. The van der Waals surface area contributed by atoms with Crippen LogP contribution < -0.4 is 5.32 Å². The van der Waals surface area contributed by atoms with E-state index in [9.17, 15) is 4.79 Å². The van der Waals surface area contributed by atoms with E-state index in [-0.39, 0.29) is 0 Å². The highest BCUT2D eigenvalue weighted by Crippen LogP contribution is 1.88. The fourth-order valence-corrected chi connectivity index (χ4v) is 0.449. The maximum Gasteiger partial charge on any atom is 0.268 e. The molecule has 4 nitrogen and oxygen atoms in total. The van der Waals surface area contributed by atoms with Crippen molar-refractivity contribution in [1.29, 1.82) is 0 Å². The van der Waals surface area contributed by atoms with Crippen LogP contribution in [-0.2, 0) is 4.79 Å². The van der Waals surface area contributed by atoms with Crippen LogP contribution in [0.15, 0.2) is 5.70 Å². The van der Waals surface area contributed by atoms with E-state index in [0.717, 1.165) is 6.42 Å². The van der Waals surface area contributed by atoms with Gasteiger partial charge in [-0.25, -0.2) is 4.85 Å². The van der Waals surface area contributed by atoms with Gasteiger partial charge in [-0.3, -0.25) is 10.7 Å². The molecule has 0 saturated heterocycles. The molecule has 0 aromatic carbocycles. The second kappa shape index (κ2) is 5.21. The van der Waals surface area contributed by atoms with Crippen molar-refractivity contribution in [3.05, 3.63) is 22.5 Å². The summed E-state index contributed by atoms with van der Waals surface area (Å²) in [6.07, 6.45) is 0.794. The molecule has 0 unspecified atom stereocenters. The zero-order valence-electron chi connectivity index (χ0n) is 6.22. The molecule has 0 aromatic rings. The lowest BCUT2D eigenvalue weighted by Crippen LogP contribution is -2.24. The monoisotopic (exact) mass is 150 g/mol. The first-order valence-electron chi connectivity index (χ1n) is 3.19. The van der Waals surface area contributed by atoms with E-state index in [1.54, 1.807) is 0 Å². The Morgan fingerprint density at radius 2 is 2.45 bits per heavy atom. The average Bonchev–Trinajstić information content (AvgIpc) is 2.03. The molecule has 1 N–H and O–H groups in total. The summed E-state index contributed by atoms with van der Waals surface area (Å²) in [5.41, 5.74) is -0.404. The second-order valence-corrected chi connectivity index (χ2v) is 1.83. The van der Waals surface area contributed by atoms with Crippen LogP contribution in [-0.4, -0.2) is 18.3 Å². The Bertz CT molecular complexity index is 233. The van der Waals surface area contributed by atoms with E-state index in [1.165, 1.54) is 5.87 Å². The molecule has 58 valence electrons. The third kappa shape index (κ3) is 3.19. The van der Waals surface area contributed by atoms with Gasteiger partial charge in [-0.15, -0.1) is 0 Å². The third-order valence-corrected chi connectivity index (χ3v) is 0.968. The van der Waals surface area contributed by atoms with Crippen molar-refractivity contribution >= 4 is 11.8 Å². The number of nitrogens with one attached hydrogen (secondary N) is 1. The van der Waals surface area contributed by atoms with Crippen molar-refractivity contribution in [2.45, 2.75) is 13.3 Å². The van der Waals surface area contributed by atoms with E-state index in [2.05, 4.69) is 10.2 Å². The predicted octanol–water partition coefficient (Wildman–Crippen LogP) is 0.555. The second-order valence-electron chi connectivity index (χ2n) is 1.83. The topological polar surface area (TPSA) is 55.8 Å². The molecule has 0 saturated carbocycles. The zero-order valence-corrected chi connectivity index (χ0v) is 6.22. The maximum atomic E-state index is 10.8. The van der Waals surface area contributed by atoms with Gasteiger partial charge in [-0.05, 0) is 6.42 Å². The van der Waals surface area contributed by atoms with Gasteiger partial charge in [0, 0.05) is 6.54 Å². The Kier molecular flexibility index (Phi) is 4.46. The van der Waals surface area contributed by atoms with Crippen LogP contribution in [0.2, 0.25) is 0 Å². The molecule has 0 radical (unpaired) electrons. The van der Waals surface area contributed by atoms with Crippen LogP contribution in [0.3, 0.4) is 0 Å². The lowest BCUT2D eigenvalue weighted by molar-refractivity contribution is -0.117. The molecule has 0 rings (SSSR count). The van der Waals surface area contributed by atoms with Gasteiger partial charge in [0.15, 0.2) is 0 Å². The third-order valence-electron chi connectivity index (χ3n) is 0.968. The quantitative estimate of drug-likeness (QED) is 0.356. The summed E-state index contributed by atoms with van der Waals surface area (Å²) in [6.45, 7) is 8.82.